The van der Waals surface area contributed by atoms with Gasteiger partial charge in [0.15, 0.2) is 16.4 Å². The Labute approximate surface area is 190 Å². The van der Waals surface area contributed by atoms with E-state index in [1.807, 2.05) is 24.3 Å². The van der Waals surface area contributed by atoms with E-state index in [1.54, 1.807) is 41.7 Å². The van der Waals surface area contributed by atoms with Crippen LogP contribution < -0.4 is 4.90 Å². The number of thiazole rings is 1. The first-order valence-electron chi connectivity index (χ1n) is 10.2. The number of amides is 1. The number of rotatable bonds is 8. The number of aromatic nitrogens is 1. The first kappa shape index (κ1) is 22.2. The third kappa shape index (κ3) is 5.41. The minimum atomic E-state index is -3.35. The van der Waals surface area contributed by atoms with Gasteiger partial charge in [-0.1, -0.05) is 30.3 Å². The standard InChI is InChI=1S/C23H22N2O5S2/c26-22(25(17-7-2-1-3-8-17)18-13-14-32(28,29)16-18)15-30-23(27)12-6-11-21-24-19-9-4-5-10-20(19)31-21/h1-5,7-10,13-14,18H,6,11-12,15-16H2. The summed E-state index contributed by atoms with van der Waals surface area (Å²) < 4.78 is 30.0. The zero-order chi connectivity index (χ0) is 22.6. The molecule has 0 radical (unpaired) electrons. The van der Waals surface area contributed by atoms with E-state index in [1.165, 1.54) is 11.0 Å². The maximum absolute atomic E-state index is 12.9. The number of aryl methyl sites for hydroxylation is 1. The molecular weight excluding hydrogens is 448 g/mol. The number of anilines is 1. The Balaban J connectivity index is 1.31. The predicted octanol–water partition coefficient (Wildman–Crippen LogP) is 3.51. The van der Waals surface area contributed by atoms with Crippen LogP contribution in [0.4, 0.5) is 5.69 Å². The van der Waals surface area contributed by atoms with Gasteiger partial charge < -0.3 is 9.64 Å². The Morgan fingerprint density at radius 1 is 1.09 bits per heavy atom. The Kier molecular flexibility index (Phi) is 6.66. The van der Waals surface area contributed by atoms with Crippen molar-refractivity contribution in [1.82, 2.24) is 4.98 Å². The number of benzene rings is 2. The van der Waals surface area contributed by atoms with E-state index in [9.17, 15) is 18.0 Å². The second-order valence-corrected chi connectivity index (χ2v) is 10.5. The molecule has 1 unspecified atom stereocenters. The van der Waals surface area contributed by atoms with Gasteiger partial charge in [-0.15, -0.1) is 11.3 Å². The van der Waals surface area contributed by atoms with E-state index in [0.717, 1.165) is 20.6 Å². The molecule has 3 aromatic rings. The van der Waals surface area contributed by atoms with E-state index >= 15 is 0 Å². The van der Waals surface area contributed by atoms with Gasteiger partial charge in [0.1, 0.15) is 0 Å². The fourth-order valence-electron chi connectivity index (χ4n) is 3.52. The summed E-state index contributed by atoms with van der Waals surface area (Å²) in [5.74, 6) is -1.13. The highest BCUT2D eigenvalue weighted by molar-refractivity contribution is 7.94. The number of fused-ring (bicyclic) bond motifs is 1. The molecule has 0 bridgehead atoms. The number of carbonyl (C=O) groups is 2. The van der Waals surface area contributed by atoms with Crippen molar-refractivity contribution in [2.75, 3.05) is 17.3 Å². The molecule has 1 aliphatic rings. The summed E-state index contributed by atoms with van der Waals surface area (Å²) in [6.45, 7) is -0.445. The van der Waals surface area contributed by atoms with Crippen LogP contribution in [0.1, 0.15) is 17.8 Å². The lowest BCUT2D eigenvalue weighted by molar-refractivity contribution is -0.148. The van der Waals surface area contributed by atoms with E-state index in [4.69, 9.17) is 4.74 Å². The highest BCUT2D eigenvalue weighted by Gasteiger charge is 2.31. The number of hydrogen-bond donors (Lipinski definition) is 0. The zero-order valence-corrected chi connectivity index (χ0v) is 18.8. The van der Waals surface area contributed by atoms with Crippen molar-refractivity contribution < 1.29 is 22.7 Å². The lowest BCUT2D eigenvalue weighted by Gasteiger charge is -2.27. The van der Waals surface area contributed by atoms with Crippen molar-refractivity contribution in [3.63, 3.8) is 0 Å². The molecule has 1 amide bonds. The lowest BCUT2D eigenvalue weighted by atomic mass is 10.2. The molecule has 32 heavy (non-hydrogen) atoms. The number of para-hydroxylation sites is 2. The van der Waals surface area contributed by atoms with Crippen LogP contribution in [-0.2, 0) is 30.6 Å². The molecule has 1 aromatic heterocycles. The van der Waals surface area contributed by atoms with E-state index in [-0.39, 0.29) is 12.2 Å². The molecule has 0 fully saturated rings. The lowest BCUT2D eigenvalue weighted by Crippen LogP contribution is -2.43. The topological polar surface area (TPSA) is 93.6 Å². The van der Waals surface area contributed by atoms with Crippen molar-refractivity contribution in [1.29, 1.82) is 0 Å². The summed E-state index contributed by atoms with van der Waals surface area (Å²) in [5.41, 5.74) is 1.50. The van der Waals surface area contributed by atoms with Crippen LogP contribution in [0.5, 0.6) is 0 Å². The third-order valence-corrected chi connectivity index (χ3v) is 7.49. The fraction of sp³-hybridized carbons (Fsp3) is 0.261. The van der Waals surface area contributed by atoms with Crippen LogP contribution in [0.15, 0.2) is 66.1 Å². The summed E-state index contributed by atoms with van der Waals surface area (Å²) in [6, 6.07) is 16.0. The number of sulfone groups is 1. The average Bonchev–Trinajstić information content (AvgIpc) is 3.35. The van der Waals surface area contributed by atoms with Crippen molar-refractivity contribution in [2.24, 2.45) is 0 Å². The van der Waals surface area contributed by atoms with Gasteiger partial charge in [-0.2, -0.15) is 0 Å². The summed E-state index contributed by atoms with van der Waals surface area (Å²) in [4.78, 5) is 30.9. The fourth-order valence-corrected chi connectivity index (χ4v) is 5.80. The second kappa shape index (κ2) is 9.62. The monoisotopic (exact) mass is 470 g/mol. The molecule has 0 aliphatic carbocycles. The molecule has 1 atom stereocenters. The number of carbonyl (C=O) groups excluding carboxylic acids is 2. The molecule has 2 aromatic carbocycles. The summed E-state index contributed by atoms with van der Waals surface area (Å²) >= 11 is 1.60. The van der Waals surface area contributed by atoms with Crippen LogP contribution in [-0.4, -0.2) is 43.7 Å². The molecule has 0 saturated carbocycles. The van der Waals surface area contributed by atoms with Crippen LogP contribution in [0.2, 0.25) is 0 Å². The SMILES string of the molecule is O=C(CCCc1nc2ccccc2s1)OCC(=O)N(c1ccccc1)C1C=CS(=O)(=O)C1. The molecule has 9 heteroatoms. The van der Waals surface area contributed by atoms with Crippen LogP contribution in [0.3, 0.4) is 0 Å². The summed E-state index contributed by atoms with van der Waals surface area (Å²) in [6.07, 6.45) is 2.88. The maximum Gasteiger partial charge on any atom is 0.306 e. The zero-order valence-electron chi connectivity index (χ0n) is 17.2. The Morgan fingerprint density at radius 3 is 2.56 bits per heavy atom. The molecule has 0 saturated heterocycles. The van der Waals surface area contributed by atoms with Gasteiger partial charge in [-0.3, -0.25) is 9.59 Å². The van der Waals surface area contributed by atoms with Gasteiger partial charge in [0, 0.05) is 17.5 Å². The summed E-state index contributed by atoms with van der Waals surface area (Å²) in [7, 11) is -3.35. The largest absolute Gasteiger partial charge is 0.456 e. The van der Waals surface area contributed by atoms with E-state index in [2.05, 4.69) is 4.98 Å². The molecule has 4 rings (SSSR count). The summed E-state index contributed by atoms with van der Waals surface area (Å²) in [5, 5.41) is 2.08. The number of hydrogen-bond acceptors (Lipinski definition) is 7. The third-order valence-electron chi connectivity index (χ3n) is 5.01. The minimum absolute atomic E-state index is 0.173. The minimum Gasteiger partial charge on any atom is -0.456 e. The van der Waals surface area contributed by atoms with Crippen LogP contribution in [0, 0.1) is 0 Å². The number of ether oxygens (including phenoxy) is 1. The molecule has 0 N–H and O–H groups in total. The van der Waals surface area contributed by atoms with Crippen LogP contribution >= 0.6 is 11.3 Å². The Morgan fingerprint density at radius 2 is 1.84 bits per heavy atom. The smallest absolute Gasteiger partial charge is 0.306 e. The van der Waals surface area contributed by atoms with Gasteiger partial charge in [0.05, 0.1) is 27.0 Å². The molecule has 0 spiro atoms. The van der Waals surface area contributed by atoms with Crippen molar-refractivity contribution in [3.05, 3.63) is 71.1 Å². The van der Waals surface area contributed by atoms with Crippen molar-refractivity contribution in [3.8, 4) is 0 Å². The normalized spacial score (nSPS) is 16.8. The van der Waals surface area contributed by atoms with Gasteiger partial charge in [-0.25, -0.2) is 13.4 Å². The van der Waals surface area contributed by atoms with Gasteiger partial charge in [-0.05, 0) is 43.2 Å². The van der Waals surface area contributed by atoms with E-state index in [0.29, 0.717) is 18.5 Å². The quantitative estimate of drug-likeness (QED) is 0.468. The van der Waals surface area contributed by atoms with Gasteiger partial charge >= 0.3 is 5.97 Å². The number of nitrogens with zero attached hydrogens (tertiary/aromatic N) is 2. The van der Waals surface area contributed by atoms with Crippen molar-refractivity contribution in [2.45, 2.75) is 25.3 Å². The average molecular weight is 471 g/mol. The molecule has 166 valence electrons. The highest BCUT2D eigenvalue weighted by Crippen LogP contribution is 2.24. The van der Waals surface area contributed by atoms with Gasteiger partial charge in [0.25, 0.3) is 5.91 Å². The first-order valence-corrected chi connectivity index (χ1v) is 12.7. The Bertz CT molecular complexity index is 1220. The predicted molar refractivity (Wildman–Crippen MR) is 124 cm³/mol. The van der Waals surface area contributed by atoms with E-state index < -0.39 is 34.4 Å². The molecule has 2 heterocycles. The Hall–Kier alpha value is -3.04. The first-order chi connectivity index (χ1) is 15.4. The highest BCUT2D eigenvalue weighted by atomic mass is 32.2. The molecule has 7 nitrogen and oxygen atoms in total. The molecule has 1 aliphatic heterocycles. The maximum atomic E-state index is 12.9. The van der Waals surface area contributed by atoms with Crippen LogP contribution in [0.25, 0.3) is 10.2 Å². The second-order valence-electron chi connectivity index (χ2n) is 7.41. The number of esters is 1. The van der Waals surface area contributed by atoms with Gasteiger partial charge in [0.2, 0.25) is 0 Å². The molecular formula is C23H22N2O5S2. The van der Waals surface area contributed by atoms with Crippen molar-refractivity contribution >= 4 is 49.0 Å².